The molecule has 2 rings (SSSR count). The quantitative estimate of drug-likeness (QED) is 0.894. The minimum atomic E-state index is -0.465. The summed E-state index contributed by atoms with van der Waals surface area (Å²) in [5, 5.41) is 9.07. The van der Waals surface area contributed by atoms with Crippen LogP contribution in [0.15, 0.2) is 30.6 Å². The van der Waals surface area contributed by atoms with Crippen molar-refractivity contribution in [3.05, 3.63) is 42.0 Å². The van der Waals surface area contributed by atoms with Crippen LogP contribution in [0.25, 0.3) is 0 Å². The highest BCUT2D eigenvalue weighted by Crippen LogP contribution is 2.12. The second-order valence-corrected chi connectivity index (χ2v) is 5.92. The minimum Gasteiger partial charge on any atom is -0.343 e. The van der Waals surface area contributed by atoms with Crippen molar-refractivity contribution in [1.29, 1.82) is 0 Å². The molecule has 1 aromatic heterocycles. The van der Waals surface area contributed by atoms with E-state index in [0.717, 1.165) is 0 Å². The van der Waals surface area contributed by atoms with Crippen LogP contribution < -0.4 is 10.6 Å². The fraction of sp³-hybridized carbons (Fsp3) is 0.333. The van der Waals surface area contributed by atoms with Crippen LogP contribution in [0.3, 0.4) is 0 Å². The molecule has 23 heavy (non-hydrogen) atoms. The molecule has 0 spiro atoms. The smallest absolute Gasteiger partial charge is 0.251 e. The molecule has 0 aliphatic rings. The van der Waals surface area contributed by atoms with E-state index in [1.54, 1.807) is 4.68 Å². The van der Waals surface area contributed by atoms with Gasteiger partial charge in [0.05, 0.1) is 12.1 Å². The van der Waals surface area contributed by atoms with Crippen LogP contribution in [-0.4, -0.2) is 33.1 Å². The van der Waals surface area contributed by atoms with Gasteiger partial charge >= 0.3 is 0 Å². The molecule has 0 radical (unpaired) electrons. The lowest BCUT2D eigenvalue weighted by Crippen LogP contribution is -2.33. The summed E-state index contributed by atoms with van der Waals surface area (Å²) in [6.45, 7) is 5.63. The number of hydrogen-bond acceptors (Lipinski definition) is 4. The molecule has 122 valence electrons. The highest BCUT2D eigenvalue weighted by Gasteiger charge is 2.16. The second kappa shape index (κ2) is 6.55. The van der Waals surface area contributed by atoms with Crippen LogP contribution in [0, 0.1) is 5.82 Å². The first kappa shape index (κ1) is 16.6. The van der Waals surface area contributed by atoms with Gasteiger partial charge in [-0.05, 0) is 45.0 Å². The lowest BCUT2D eigenvalue weighted by molar-refractivity contribution is -0.115. The molecule has 2 amide bonds. The van der Waals surface area contributed by atoms with Gasteiger partial charge in [-0.15, -0.1) is 5.10 Å². The molecule has 0 aliphatic carbocycles. The van der Waals surface area contributed by atoms with Crippen molar-refractivity contribution in [2.75, 3.05) is 11.9 Å². The molecular weight excluding hydrogens is 301 g/mol. The molecule has 1 aromatic carbocycles. The standard InChI is InChI=1S/C15H18FN5O2/c1-15(2,3)21-9-18-14(20-21)19-12(22)8-17-13(23)10-4-6-11(16)7-5-10/h4-7,9H,8H2,1-3H3,(H,17,23)(H,19,20,22). The van der Waals surface area contributed by atoms with E-state index in [1.165, 1.54) is 30.6 Å². The molecule has 0 aliphatic heterocycles. The molecule has 0 saturated carbocycles. The largest absolute Gasteiger partial charge is 0.343 e. The van der Waals surface area contributed by atoms with Gasteiger partial charge in [0.2, 0.25) is 11.9 Å². The predicted octanol–water partition coefficient (Wildman–Crippen LogP) is 1.54. The molecule has 7 nitrogen and oxygen atoms in total. The van der Waals surface area contributed by atoms with Crippen LogP contribution in [0.4, 0.5) is 10.3 Å². The highest BCUT2D eigenvalue weighted by molar-refractivity contribution is 5.98. The molecule has 0 unspecified atom stereocenters. The fourth-order valence-electron chi connectivity index (χ4n) is 1.68. The van der Waals surface area contributed by atoms with E-state index in [4.69, 9.17) is 0 Å². The van der Waals surface area contributed by atoms with Crippen LogP contribution >= 0.6 is 0 Å². The van der Waals surface area contributed by atoms with E-state index in [9.17, 15) is 14.0 Å². The summed E-state index contributed by atoms with van der Waals surface area (Å²) >= 11 is 0. The van der Waals surface area contributed by atoms with E-state index >= 15 is 0 Å². The van der Waals surface area contributed by atoms with Gasteiger partial charge in [0.15, 0.2) is 0 Å². The Kier molecular flexibility index (Phi) is 4.73. The molecule has 2 N–H and O–H groups in total. The van der Waals surface area contributed by atoms with Crippen molar-refractivity contribution in [3.8, 4) is 0 Å². The molecule has 8 heteroatoms. The third-order valence-corrected chi connectivity index (χ3v) is 2.95. The van der Waals surface area contributed by atoms with E-state index in [2.05, 4.69) is 20.7 Å². The molecule has 1 heterocycles. The summed E-state index contributed by atoms with van der Waals surface area (Å²) in [4.78, 5) is 27.6. The number of nitrogens with one attached hydrogen (secondary N) is 2. The maximum atomic E-state index is 12.8. The average Bonchev–Trinajstić information content (AvgIpc) is 2.94. The van der Waals surface area contributed by atoms with Crippen molar-refractivity contribution in [2.45, 2.75) is 26.3 Å². The minimum absolute atomic E-state index is 0.168. The maximum Gasteiger partial charge on any atom is 0.251 e. The van der Waals surface area contributed by atoms with Crippen molar-refractivity contribution < 1.29 is 14.0 Å². The van der Waals surface area contributed by atoms with Crippen molar-refractivity contribution in [1.82, 2.24) is 20.1 Å². The number of aromatic nitrogens is 3. The number of halogens is 1. The monoisotopic (exact) mass is 319 g/mol. The number of hydrogen-bond donors (Lipinski definition) is 2. The average molecular weight is 319 g/mol. The number of rotatable bonds is 4. The zero-order chi connectivity index (χ0) is 17.0. The Hall–Kier alpha value is -2.77. The van der Waals surface area contributed by atoms with E-state index in [1.807, 2.05) is 20.8 Å². The van der Waals surface area contributed by atoms with Crippen LogP contribution in [0.5, 0.6) is 0 Å². The Labute approximate surface area is 132 Å². The Morgan fingerprint density at radius 3 is 2.43 bits per heavy atom. The van der Waals surface area contributed by atoms with Gasteiger partial charge in [-0.25, -0.2) is 14.1 Å². The van der Waals surface area contributed by atoms with Crippen molar-refractivity contribution >= 4 is 17.8 Å². The summed E-state index contributed by atoms with van der Waals surface area (Å²) in [5.74, 6) is -1.18. The number of benzene rings is 1. The summed E-state index contributed by atoms with van der Waals surface area (Å²) in [5.41, 5.74) is 0.0293. The van der Waals surface area contributed by atoms with Crippen LogP contribution in [0.1, 0.15) is 31.1 Å². The Balaban J connectivity index is 1.86. The Morgan fingerprint density at radius 2 is 1.87 bits per heavy atom. The van der Waals surface area contributed by atoms with E-state index < -0.39 is 17.6 Å². The molecule has 0 bridgehead atoms. The predicted molar refractivity (Wildman–Crippen MR) is 82.4 cm³/mol. The van der Waals surface area contributed by atoms with Gasteiger partial charge in [0.1, 0.15) is 12.1 Å². The lowest BCUT2D eigenvalue weighted by Gasteiger charge is -2.17. The number of amides is 2. The first-order valence-corrected chi connectivity index (χ1v) is 7.01. The summed E-state index contributed by atoms with van der Waals surface area (Å²) in [6.07, 6.45) is 1.52. The normalized spacial score (nSPS) is 11.1. The molecule has 0 fully saturated rings. The van der Waals surface area contributed by atoms with Crippen molar-refractivity contribution in [2.24, 2.45) is 0 Å². The van der Waals surface area contributed by atoms with Gasteiger partial charge in [0.25, 0.3) is 5.91 Å². The molecule has 0 atom stereocenters. The van der Waals surface area contributed by atoms with Crippen molar-refractivity contribution in [3.63, 3.8) is 0 Å². The second-order valence-electron chi connectivity index (χ2n) is 5.92. The van der Waals surface area contributed by atoms with E-state index in [-0.39, 0.29) is 23.6 Å². The number of carbonyl (C=O) groups excluding carboxylic acids is 2. The van der Waals surface area contributed by atoms with Gasteiger partial charge in [-0.1, -0.05) is 0 Å². The van der Waals surface area contributed by atoms with Gasteiger partial charge in [-0.3, -0.25) is 14.9 Å². The molecule has 0 saturated heterocycles. The topological polar surface area (TPSA) is 88.9 Å². The Morgan fingerprint density at radius 1 is 1.22 bits per heavy atom. The van der Waals surface area contributed by atoms with Gasteiger partial charge in [-0.2, -0.15) is 0 Å². The zero-order valence-corrected chi connectivity index (χ0v) is 13.1. The number of carbonyl (C=O) groups is 2. The first-order chi connectivity index (χ1) is 10.8. The molecule has 2 aromatic rings. The summed E-state index contributed by atoms with van der Waals surface area (Å²) < 4.78 is 14.4. The number of anilines is 1. The zero-order valence-electron chi connectivity index (χ0n) is 13.1. The highest BCUT2D eigenvalue weighted by atomic mass is 19.1. The summed E-state index contributed by atoms with van der Waals surface area (Å²) in [7, 11) is 0. The third-order valence-electron chi connectivity index (χ3n) is 2.95. The number of nitrogens with zero attached hydrogens (tertiary/aromatic N) is 3. The maximum absolute atomic E-state index is 12.8. The fourth-order valence-corrected chi connectivity index (χ4v) is 1.68. The lowest BCUT2D eigenvalue weighted by atomic mass is 10.1. The van der Waals surface area contributed by atoms with Crippen LogP contribution in [-0.2, 0) is 10.3 Å². The van der Waals surface area contributed by atoms with Gasteiger partial charge < -0.3 is 5.32 Å². The Bertz CT molecular complexity index is 703. The van der Waals surface area contributed by atoms with E-state index in [0.29, 0.717) is 0 Å². The SMILES string of the molecule is CC(C)(C)n1cnc(NC(=O)CNC(=O)c2ccc(F)cc2)n1. The summed E-state index contributed by atoms with van der Waals surface area (Å²) in [6, 6.07) is 5.04. The first-order valence-electron chi connectivity index (χ1n) is 7.01. The van der Waals surface area contributed by atoms with Gasteiger partial charge in [0, 0.05) is 5.56 Å². The van der Waals surface area contributed by atoms with Crippen LogP contribution in [0.2, 0.25) is 0 Å². The third kappa shape index (κ3) is 4.60. The molecular formula is C15H18FN5O2.